The van der Waals surface area contributed by atoms with Gasteiger partial charge in [-0.25, -0.2) is 0 Å². The van der Waals surface area contributed by atoms with Crippen LogP contribution in [-0.4, -0.2) is 35.5 Å². The number of rotatable bonds is 5. The fraction of sp³-hybridized carbons (Fsp3) is 0.231. The second kappa shape index (κ2) is 8.85. The first kappa shape index (κ1) is 20.3. The van der Waals surface area contributed by atoms with Gasteiger partial charge in [-0.3, -0.25) is 9.59 Å². The molecule has 4 N–H and O–H groups in total. The lowest BCUT2D eigenvalue weighted by molar-refractivity contribution is 0.0944. The van der Waals surface area contributed by atoms with Crippen LogP contribution in [0.1, 0.15) is 23.2 Å². The Kier molecular flexibility index (Phi) is 5.60. The predicted octanol–water partition coefficient (Wildman–Crippen LogP) is 3.92. The van der Waals surface area contributed by atoms with E-state index in [1.807, 2.05) is 60.7 Å². The van der Waals surface area contributed by atoms with E-state index in [9.17, 15) is 9.59 Å². The highest BCUT2D eigenvalue weighted by Gasteiger charge is 2.19. The third kappa shape index (κ3) is 3.97. The Labute approximate surface area is 186 Å². The lowest BCUT2D eigenvalue weighted by Gasteiger charge is -2.22. The van der Waals surface area contributed by atoms with Gasteiger partial charge in [0.05, 0.1) is 11.3 Å². The van der Waals surface area contributed by atoms with Gasteiger partial charge in [0.25, 0.3) is 11.5 Å². The van der Waals surface area contributed by atoms with Crippen LogP contribution in [0, 0.1) is 5.92 Å². The average molecular weight is 427 g/mol. The van der Waals surface area contributed by atoms with Gasteiger partial charge in [0.1, 0.15) is 0 Å². The van der Waals surface area contributed by atoms with Crippen molar-refractivity contribution in [2.45, 2.75) is 12.8 Å². The molecule has 2 aromatic carbocycles. The van der Waals surface area contributed by atoms with E-state index in [0.29, 0.717) is 23.6 Å². The second-order valence-corrected chi connectivity index (χ2v) is 8.32. The number of fused-ring (bicyclic) bond motifs is 1. The number of nitrogens with one attached hydrogen (secondary N) is 4. The zero-order valence-electron chi connectivity index (χ0n) is 17.8. The maximum Gasteiger partial charge on any atom is 0.257 e. The van der Waals surface area contributed by atoms with Crippen molar-refractivity contribution < 1.29 is 4.79 Å². The molecule has 0 atom stereocenters. The summed E-state index contributed by atoms with van der Waals surface area (Å²) < 4.78 is 0. The molecule has 6 nitrogen and oxygen atoms in total. The second-order valence-electron chi connectivity index (χ2n) is 8.32. The Morgan fingerprint density at radius 3 is 2.59 bits per heavy atom. The molecule has 0 spiro atoms. The number of aromatic nitrogens is 2. The summed E-state index contributed by atoms with van der Waals surface area (Å²) in [6.45, 7) is 2.72. The van der Waals surface area contributed by atoms with Crippen molar-refractivity contribution in [1.29, 1.82) is 0 Å². The molecule has 5 rings (SSSR count). The fourth-order valence-corrected chi connectivity index (χ4v) is 4.48. The molecular weight excluding hydrogens is 400 g/mol. The van der Waals surface area contributed by atoms with Gasteiger partial charge >= 0.3 is 0 Å². The van der Waals surface area contributed by atoms with Crippen LogP contribution in [0.15, 0.2) is 71.7 Å². The van der Waals surface area contributed by atoms with Gasteiger partial charge in [-0.05, 0) is 67.7 Å². The number of hydrogen-bond acceptors (Lipinski definition) is 3. The lowest BCUT2D eigenvalue weighted by Crippen LogP contribution is -2.35. The normalized spacial score (nSPS) is 14.5. The number of aromatic amines is 2. The highest BCUT2D eigenvalue weighted by Crippen LogP contribution is 2.37. The largest absolute Gasteiger partial charge is 0.354 e. The van der Waals surface area contributed by atoms with E-state index in [2.05, 4.69) is 20.6 Å². The van der Waals surface area contributed by atoms with Crippen molar-refractivity contribution in [3.8, 4) is 22.4 Å². The van der Waals surface area contributed by atoms with Crippen LogP contribution < -0.4 is 16.2 Å². The van der Waals surface area contributed by atoms with Crippen molar-refractivity contribution >= 4 is 16.8 Å². The van der Waals surface area contributed by atoms with Crippen LogP contribution in [0.25, 0.3) is 33.3 Å². The molecule has 4 aromatic rings. The number of hydrogen-bond donors (Lipinski definition) is 4. The standard InChI is InChI=1S/C26H26N4O2/c31-25(29-16-17-10-13-27-14-11-17)19-8-9-22-21(15-19)23(18-5-2-1-3-6-18)24(30-22)20-7-4-12-28-26(20)32/h1-9,12,15,17,27,30H,10-11,13-14,16H2,(H,28,32)(H,29,31). The molecule has 6 heteroatoms. The van der Waals surface area contributed by atoms with Crippen LogP contribution in [0.3, 0.4) is 0 Å². The summed E-state index contributed by atoms with van der Waals surface area (Å²) in [5, 5.41) is 7.38. The van der Waals surface area contributed by atoms with E-state index >= 15 is 0 Å². The summed E-state index contributed by atoms with van der Waals surface area (Å²) in [6.07, 6.45) is 3.80. The number of amides is 1. The Hall–Kier alpha value is -3.64. The zero-order chi connectivity index (χ0) is 21.9. The highest BCUT2D eigenvalue weighted by molar-refractivity contribution is 6.07. The number of piperidine rings is 1. The van der Waals surface area contributed by atoms with Crippen LogP contribution in [0.4, 0.5) is 0 Å². The molecule has 0 saturated carbocycles. The minimum Gasteiger partial charge on any atom is -0.354 e. The van der Waals surface area contributed by atoms with Crippen molar-refractivity contribution in [3.63, 3.8) is 0 Å². The minimum atomic E-state index is -0.156. The maximum atomic E-state index is 12.9. The molecule has 1 saturated heterocycles. The zero-order valence-corrected chi connectivity index (χ0v) is 17.8. The number of carbonyl (C=O) groups excluding carboxylic acids is 1. The smallest absolute Gasteiger partial charge is 0.257 e. The van der Waals surface area contributed by atoms with Crippen LogP contribution in [0.5, 0.6) is 0 Å². The van der Waals surface area contributed by atoms with E-state index in [1.54, 1.807) is 6.20 Å². The minimum absolute atomic E-state index is 0.0650. The van der Waals surface area contributed by atoms with Crippen molar-refractivity contribution in [2.75, 3.05) is 19.6 Å². The first-order chi connectivity index (χ1) is 15.7. The Balaban J connectivity index is 1.55. The van der Waals surface area contributed by atoms with E-state index in [-0.39, 0.29) is 11.5 Å². The predicted molar refractivity (Wildman–Crippen MR) is 128 cm³/mol. The van der Waals surface area contributed by atoms with Crippen LogP contribution >= 0.6 is 0 Å². The average Bonchev–Trinajstić information content (AvgIpc) is 3.22. The summed E-state index contributed by atoms with van der Waals surface area (Å²) in [5.41, 5.74) is 4.58. The van der Waals surface area contributed by atoms with Gasteiger partial charge in [-0.15, -0.1) is 0 Å². The molecule has 162 valence electrons. The Morgan fingerprint density at radius 1 is 1.00 bits per heavy atom. The van der Waals surface area contributed by atoms with Gasteiger partial charge in [-0.1, -0.05) is 30.3 Å². The SMILES string of the molecule is O=C(NCC1CCNCC1)c1ccc2[nH]c(-c3ccc[nH]c3=O)c(-c3ccccc3)c2c1. The Morgan fingerprint density at radius 2 is 1.81 bits per heavy atom. The third-order valence-corrected chi connectivity index (χ3v) is 6.22. The van der Waals surface area contributed by atoms with Gasteiger partial charge in [0.15, 0.2) is 0 Å². The van der Waals surface area contributed by atoms with E-state index in [0.717, 1.165) is 53.7 Å². The van der Waals surface area contributed by atoms with Gasteiger partial charge in [0.2, 0.25) is 0 Å². The maximum absolute atomic E-state index is 12.9. The monoisotopic (exact) mass is 426 g/mol. The lowest BCUT2D eigenvalue weighted by atomic mass is 9.97. The van der Waals surface area contributed by atoms with Gasteiger partial charge in [0, 0.05) is 34.8 Å². The summed E-state index contributed by atoms with van der Waals surface area (Å²) in [6, 6.07) is 19.3. The molecule has 1 aliphatic rings. The van der Waals surface area contributed by atoms with Crippen molar-refractivity contribution in [3.05, 3.63) is 82.8 Å². The number of pyridine rings is 1. The molecule has 1 aliphatic heterocycles. The molecule has 0 radical (unpaired) electrons. The topological polar surface area (TPSA) is 89.8 Å². The van der Waals surface area contributed by atoms with Crippen molar-refractivity contribution in [2.24, 2.45) is 5.92 Å². The quantitative estimate of drug-likeness (QED) is 0.390. The van der Waals surface area contributed by atoms with Crippen LogP contribution in [-0.2, 0) is 0 Å². The molecule has 0 bridgehead atoms. The third-order valence-electron chi connectivity index (χ3n) is 6.22. The van der Waals surface area contributed by atoms with Gasteiger partial charge in [-0.2, -0.15) is 0 Å². The summed E-state index contributed by atoms with van der Waals surface area (Å²) in [5.74, 6) is 0.456. The first-order valence-electron chi connectivity index (χ1n) is 11.1. The number of benzene rings is 2. The first-order valence-corrected chi connectivity index (χ1v) is 11.1. The fourth-order valence-electron chi connectivity index (χ4n) is 4.48. The molecular formula is C26H26N4O2. The molecule has 1 fully saturated rings. The highest BCUT2D eigenvalue weighted by atomic mass is 16.1. The molecule has 3 heterocycles. The summed E-state index contributed by atoms with van der Waals surface area (Å²) >= 11 is 0. The summed E-state index contributed by atoms with van der Waals surface area (Å²) in [4.78, 5) is 31.6. The Bertz CT molecular complexity index is 1300. The van der Waals surface area contributed by atoms with E-state index < -0.39 is 0 Å². The number of carbonyl (C=O) groups is 1. The molecule has 0 unspecified atom stereocenters. The van der Waals surface area contributed by atoms with Gasteiger partial charge < -0.3 is 20.6 Å². The van der Waals surface area contributed by atoms with E-state index in [1.165, 1.54) is 0 Å². The van der Waals surface area contributed by atoms with Crippen molar-refractivity contribution in [1.82, 2.24) is 20.6 Å². The molecule has 0 aliphatic carbocycles. The molecule has 2 aromatic heterocycles. The van der Waals surface area contributed by atoms with Crippen LogP contribution in [0.2, 0.25) is 0 Å². The van der Waals surface area contributed by atoms with E-state index in [4.69, 9.17) is 0 Å². The summed E-state index contributed by atoms with van der Waals surface area (Å²) in [7, 11) is 0. The molecule has 32 heavy (non-hydrogen) atoms. The number of H-pyrrole nitrogens is 2. The molecule has 1 amide bonds.